The summed E-state index contributed by atoms with van der Waals surface area (Å²) in [5.74, 6) is 1.29. The molecule has 0 heterocycles. The standard InChI is InChI=1S/C19H24N2O2/c1-14(2)15-4-6-16(7-5-15)20-13-12-19(22)21-17-8-10-18(23-3)11-9-17/h4-11,14,20H,12-13H2,1-3H3,(H,21,22). The summed E-state index contributed by atoms with van der Waals surface area (Å²) in [5, 5.41) is 6.13. The van der Waals surface area contributed by atoms with Crippen molar-refractivity contribution < 1.29 is 9.53 Å². The van der Waals surface area contributed by atoms with Crippen molar-refractivity contribution in [1.29, 1.82) is 0 Å². The minimum atomic E-state index is -0.0125. The van der Waals surface area contributed by atoms with Gasteiger partial charge in [0.1, 0.15) is 5.75 Å². The predicted octanol–water partition coefficient (Wildman–Crippen LogP) is 4.26. The lowest BCUT2D eigenvalue weighted by atomic mass is 10.0. The lowest BCUT2D eigenvalue weighted by Crippen LogP contribution is -2.16. The zero-order valence-electron chi connectivity index (χ0n) is 13.9. The van der Waals surface area contributed by atoms with E-state index in [0.29, 0.717) is 18.9 Å². The van der Waals surface area contributed by atoms with Crippen molar-refractivity contribution in [3.8, 4) is 5.75 Å². The van der Waals surface area contributed by atoms with E-state index >= 15 is 0 Å². The van der Waals surface area contributed by atoms with Crippen LogP contribution in [0.1, 0.15) is 31.7 Å². The predicted molar refractivity (Wildman–Crippen MR) is 95.3 cm³/mol. The monoisotopic (exact) mass is 312 g/mol. The maximum absolute atomic E-state index is 11.9. The van der Waals surface area contributed by atoms with Crippen molar-refractivity contribution in [2.75, 3.05) is 24.3 Å². The summed E-state index contributed by atoms with van der Waals surface area (Å²) in [6.45, 7) is 4.95. The SMILES string of the molecule is COc1ccc(NC(=O)CCNc2ccc(C(C)C)cc2)cc1. The van der Waals surface area contributed by atoms with E-state index in [2.05, 4.69) is 48.7 Å². The third-order valence-electron chi connectivity index (χ3n) is 3.63. The Balaban J connectivity index is 1.75. The van der Waals surface area contributed by atoms with Crippen LogP contribution in [-0.4, -0.2) is 19.6 Å². The van der Waals surface area contributed by atoms with Crippen LogP contribution in [0.5, 0.6) is 5.75 Å². The van der Waals surface area contributed by atoms with Crippen molar-refractivity contribution >= 4 is 17.3 Å². The molecule has 122 valence electrons. The van der Waals surface area contributed by atoms with E-state index in [-0.39, 0.29) is 5.91 Å². The van der Waals surface area contributed by atoms with Gasteiger partial charge in [0.05, 0.1) is 7.11 Å². The van der Waals surface area contributed by atoms with E-state index in [1.165, 1.54) is 5.56 Å². The van der Waals surface area contributed by atoms with Gasteiger partial charge in [0.25, 0.3) is 0 Å². The Morgan fingerprint density at radius 2 is 1.61 bits per heavy atom. The second kappa shape index (κ2) is 8.22. The van der Waals surface area contributed by atoms with Crippen LogP contribution in [-0.2, 0) is 4.79 Å². The molecule has 0 aliphatic heterocycles. The topological polar surface area (TPSA) is 50.4 Å². The van der Waals surface area contributed by atoms with Gasteiger partial charge in [-0.25, -0.2) is 0 Å². The van der Waals surface area contributed by atoms with Crippen LogP contribution in [0.2, 0.25) is 0 Å². The van der Waals surface area contributed by atoms with Crippen LogP contribution in [0.15, 0.2) is 48.5 Å². The minimum Gasteiger partial charge on any atom is -0.497 e. The fourth-order valence-corrected chi connectivity index (χ4v) is 2.20. The van der Waals surface area contributed by atoms with Crippen molar-refractivity contribution in [2.45, 2.75) is 26.2 Å². The molecule has 2 aromatic rings. The number of benzene rings is 2. The third kappa shape index (κ3) is 5.33. The number of carbonyl (C=O) groups is 1. The molecule has 0 spiro atoms. The fraction of sp³-hybridized carbons (Fsp3) is 0.316. The number of carbonyl (C=O) groups excluding carboxylic acids is 1. The number of methoxy groups -OCH3 is 1. The number of hydrogen-bond donors (Lipinski definition) is 2. The molecule has 0 unspecified atom stereocenters. The van der Waals surface area contributed by atoms with E-state index in [0.717, 1.165) is 17.1 Å². The second-order valence-electron chi connectivity index (χ2n) is 5.73. The smallest absolute Gasteiger partial charge is 0.226 e. The molecule has 2 N–H and O–H groups in total. The van der Waals surface area contributed by atoms with E-state index in [1.54, 1.807) is 7.11 Å². The fourth-order valence-electron chi connectivity index (χ4n) is 2.20. The van der Waals surface area contributed by atoms with E-state index < -0.39 is 0 Å². The van der Waals surface area contributed by atoms with Crippen LogP contribution in [0.3, 0.4) is 0 Å². The normalized spacial score (nSPS) is 10.4. The molecule has 23 heavy (non-hydrogen) atoms. The molecule has 0 aromatic heterocycles. The van der Waals surface area contributed by atoms with Gasteiger partial charge >= 0.3 is 0 Å². The summed E-state index contributed by atoms with van der Waals surface area (Å²) in [5.41, 5.74) is 3.12. The van der Waals surface area contributed by atoms with Gasteiger partial charge in [-0.05, 0) is 47.9 Å². The number of hydrogen-bond acceptors (Lipinski definition) is 3. The van der Waals surface area contributed by atoms with Gasteiger partial charge in [0.15, 0.2) is 0 Å². The molecule has 4 heteroatoms. The Morgan fingerprint density at radius 1 is 1.00 bits per heavy atom. The molecule has 0 bridgehead atoms. The molecule has 0 radical (unpaired) electrons. The Hall–Kier alpha value is -2.49. The Labute approximate surface area is 137 Å². The summed E-state index contributed by atoms with van der Waals surface area (Å²) in [4.78, 5) is 11.9. The highest BCUT2D eigenvalue weighted by molar-refractivity contribution is 5.91. The van der Waals surface area contributed by atoms with Gasteiger partial charge in [-0.2, -0.15) is 0 Å². The van der Waals surface area contributed by atoms with Gasteiger partial charge in [-0.15, -0.1) is 0 Å². The van der Waals surface area contributed by atoms with Crippen LogP contribution in [0.25, 0.3) is 0 Å². The average Bonchev–Trinajstić information content (AvgIpc) is 2.56. The van der Waals surface area contributed by atoms with E-state index in [9.17, 15) is 4.79 Å². The minimum absolute atomic E-state index is 0.0125. The Morgan fingerprint density at radius 3 is 2.17 bits per heavy atom. The summed E-state index contributed by atoms with van der Waals surface area (Å²) in [6.07, 6.45) is 0.415. The number of nitrogens with one attached hydrogen (secondary N) is 2. The molecule has 0 saturated heterocycles. The third-order valence-corrected chi connectivity index (χ3v) is 3.63. The average molecular weight is 312 g/mol. The molecule has 0 fully saturated rings. The summed E-state index contributed by atoms with van der Waals surface area (Å²) >= 11 is 0. The van der Waals surface area contributed by atoms with E-state index in [4.69, 9.17) is 4.74 Å². The van der Waals surface area contributed by atoms with Crippen molar-refractivity contribution in [3.63, 3.8) is 0 Å². The van der Waals surface area contributed by atoms with E-state index in [1.807, 2.05) is 24.3 Å². The number of ether oxygens (including phenoxy) is 1. The molecular weight excluding hydrogens is 288 g/mol. The maximum Gasteiger partial charge on any atom is 0.226 e. The first-order valence-electron chi connectivity index (χ1n) is 7.86. The first kappa shape index (κ1) is 16.9. The molecule has 4 nitrogen and oxygen atoms in total. The van der Waals surface area contributed by atoms with Crippen LogP contribution >= 0.6 is 0 Å². The zero-order chi connectivity index (χ0) is 16.7. The molecule has 2 aromatic carbocycles. The van der Waals surface area contributed by atoms with Crippen LogP contribution in [0, 0.1) is 0 Å². The first-order chi connectivity index (χ1) is 11.1. The zero-order valence-corrected chi connectivity index (χ0v) is 13.9. The van der Waals surface area contributed by atoms with Gasteiger partial charge in [0, 0.05) is 24.3 Å². The molecule has 0 atom stereocenters. The largest absolute Gasteiger partial charge is 0.497 e. The summed E-state index contributed by atoms with van der Waals surface area (Å²) < 4.78 is 5.09. The lowest BCUT2D eigenvalue weighted by Gasteiger charge is -2.10. The van der Waals surface area contributed by atoms with Gasteiger partial charge in [-0.1, -0.05) is 26.0 Å². The first-order valence-corrected chi connectivity index (χ1v) is 7.86. The van der Waals surface area contributed by atoms with Gasteiger partial charge < -0.3 is 15.4 Å². The molecule has 1 amide bonds. The summed E-state index contributed by atoms with van der Waals surface area (Å²) in [6, 6.07) is 15.6. The maximum atomic E-state index is 11.9. The second-order valence-corrected chi connectivity index (χ2v) is 5.73. The summed E-state index contributed by atoms with van der Waals surface area (Å²) in [7, 11) is 1.62. The lowest BCUT2D eigenvalue weighted by molar-refractivity contribution is -0.115. The molecule has 0 aliphatic carbocycles. The van der Waals surface area contributed by atoms with Crippen molar-refractivity contribution in [2.24, 2.45) is 0 Å². The van der Waals surface area contributed by atoms with Crippen molar-refractivity contribution in [3.05, 3.63) is 54.1 Å². The van der Waals surface area contributed by atoms with Crippen LogP contribution < -0.4 is 15.4 Å². The van der Waals surface area contributed by atoms with Gasteiger partial charge in [0.2, 0.25) is 5.91 Å². The highest BCUT2D eigenvalue weighted by Gasteiger charge is 2.03. The van der Waals surface area contributed by atoms with Gasteiger partial charge in [-0.3, -0.25) is 4.79 Å². The number of amides is 1. The Kier molecular flexibility index (Phi) is 6.03. The number of anilines is 2. The molecular formula is C19H24N2O2. The molecule has 0 saturated carbocycles. The number of rotatable bonds is 7. The molecule has 2 rings (SSSR count). The van der Waals surface area contributed by atoms with Crippen molar-refractivity contribution in [1.82, 2.24) is 0 Å². The molecule has 0 aliphatic rings. The highest BCUT2D eigenvalue weighted by Crippen LogP contribution is 2.17. The quantitative estimate of drug-likeness (QED) is 0.803. The van der Waals surface area contributed by atoms with Crippen LogP contribution in [0.4, 0.5) is 11.4 Å². The highest BCUT2D eigenvalue weighted by atomic mass is 16.5. The Bertz CT molecular complexity index is 619.